The van der Waals surface area contributed by atoms with Crippen molar-refractivity contribution in [3.63, 3.8) is 0 Å². The molecule has 0 aromatic heterocycles. The van der Waals surface area contributed by atoms with Gasteiger partial charge in [0, 0.05) is 19.3 Å². The number of nitrogens with zero attached hydrogens (tertiary/aromatic N) is 1. The maximum Gasteiger partial charge on any atom is 0.303 e. The van der Waals surface area contributed by atoms with E-state index in [9.17, 15) is 14.9 Å². The fourth-order valence-corrected chi connectivity index (χ4v) is 7.44. The third kappa shape index (κ3) is 3.37. The predicted molar refractivity (Wildman–Crippen MR) is 111 cm³/mol. The van der Waals surface area contributed by atoms with Crippen molar-refractivity contribution in [1.82, 2.24) is 0 Å². The molecule has 156 valence electrons. The maximum atomic E-state index is 11.9. The van der Waals surface area contributed by atoms with E-state index in [1.165, 1.54) is 17.6 Å². The molecule has 0 spiro atoms. The van der Waals surface area contributed by atoms with E-state index in [1.807, 2.05) is 6.08 Å². The second-order valence-electron chi connectivity index (χ2n) is 10.1. The number of carbonyl (C=O) groups excluding carboxylic acids is 1. The molecule has 4 aliphatic carbocycles. The molecule has 0 aromatic rings. The Balaban J connectivity index is 1.59. The lowest BCUT2D eigenvalue weighted by atomic mass is 9.50. The Morgan fingerprint density at radius 2 is 2.03 bits per heavy atom. The molecule has 0 bridgehead atoms. The molecule has 4 rings (SSSR count). The van der Waals surface area contributed by atoms with Crippen LogP contribution in [0.2, 0.25) is 0 Å². The molecule has 4 nitrogen and oxygen atoms in total. The number of unbranched alkanes of at least 4 members (excludes halogenated alkanes) is 1. The molecule has 0 amide bonds. The molecule has 1 N–H and O–H groups in total. The number of rotatable bonds is 6. The van der Waals surface area contributed by atoms with Crippen LogP contribution in [0.4, 0.5) is 0 Å². The molecule has 2 fully saturated rings. The molecule has 0 radical (unpaired) electrons. The Kier molecular flexibility index (Phi) is 5.44. The van der Waals surface area contributed by atoms with Gasteiger partial charge in [-0.3, -0.25) is 9.59 Å². The van der Waals surface area contributed by atoms with E-state index in [0.29, 0.717) is 36.9 Å². The Labute approximate surface area is 174 Å². The highest BCUT2D eigenvalue weighted by Gasteiger charge is 2.60. The topological polar surface area (TPSA) is 78.2 Å². The second kappa shape index (κ2) is 7.74. The number of ketones is 1. The van der Waals surface area contributed by atoms with Crippen LogP contribution in [0.25, 0.3) is 0 Å². The zero-order valence-electron chi connectivity index (χ0n) is 17.6. The zero-order valence-corrected chi connectivity index (χ0v) is 17.6. The Hall–Kier alpha value is -1.89. The van der Waals surface area contributed by atoms with Gasteiger partial charge in [0.15, 0.2) is 5.78 Å². The van der Waals surface area contributed by atoms with Crippen LogP contribution < -0.4 is 0 Å². The number of carboxylic acid groups (broad SMARTS) is 1. The van der Waals surface area contributed by atoms with Gasteiger partial charge in [-0.1, -0.05) is 18.9 Å². The van der Waals surface area contributed by atoms with Crippen molar-refractivity contribution in [1.29, 1.82) is 5.26 Å². The molecule has 2 unspecified atom stereocenters. The average molecular weight is 396 g/mol. The third-order valence-electron chi connectivity index (χ3n) is 8.98. The number of allylic oxidation sites excluding steroid dienone is 4. The minimum atomic E-state index is -0.721. The van der Waals surface area contributed by atoms with Gasteiger partial charge in [-0.25, -0.2) is 0 Å². The normalized spacial score (nSPS) is 36.0. The van der Waals surface area contributed by atoms with E-state index in [-0.39, 0.29) is 17.3 Å². The van der Waals surface area contributed by atoms with Gasteiger partial charge in [-0.15, -0.1) is 0 Å². The summed E-state index contributed by atoms with van der Waals surface area (Å²) >= 11 is 0. The van der Waals surface area contributed by atoms with Crippen LogP contribution in [0.3, 0.4) is 0 Å². The Morgan fingerprint density at radius 3 is 2.79 bits per heavy atom. The van der Waals surface area contributed by atoms with Crippen LogP contribution >= 0.6 is 0 Å². The maximum absolute atomic E-state index is 11.9. The summed E-state index contributed by atoms with van der Waals surface area (Å²) in [5.74, 6) is 0.818. The molecule has 4 aliphatic rings. The van der Waals surface area contributed by atoms with Gasteiger partial charge < -0.3 is 5.11 Å². The van der Waals surface area contributed by atoms with Gasteiger partial charge >= 0.3 is 5.97 Å². The van der Waals surface area contributed by atoms with Gasteiger partial charge in [-0.05, 0) is 97.7 Å². The molecule has 2 saturated carbocycles. The molecule has 4 heteroatoms. The minimum Gasteiger partial charge on any atom is -0.481 e. The Morgan fingerprint density at radius 1 is 1.21 bits per heavy atom. The summed E-state index contributed by atoms with van der Waals surface area (Å²) in [5.41, 5.74) is 4.66. The molecule has 0 saturated heterocycles. The largest absolute Gasteiger partial charge is 0.481 e. The quantitative estimate of drug-likeness (QED) is 0.582. The number of nitriles is 1. The van der Waals surface area contributed by atoms with Crippen molar-refractivity contribution in [3.8, 4) is 6.07 Å². The summed E-state index contributed by atoms with van der Waals surface area (Å²) < 4.78 is 0. The van der Waals surface area contributed by atoms with Crippen LogP contribution in [0.5, 0.6) is 0 Å². The molecule has 0 heterocycles. The van der Waals surface area contributed by atoms with E-state index >= 15 is 0 Å². The van der Waals surface area contributed by atoms with Crippen molar-refractivity contribution in [2.24, 2.45) is 22.7 Å². The van der Waals surface area contributed by atoms with Gasteiger partial charge in [0.25, 0.3) is 0 Å². The summed E-state index contributed by atoms with van der Waals surface area (Å²) in [7, 11) is 0. The lowest BCUT2D eigenvalue weighted by molar-refractivity contribution is -0.137. The van der Waals surface area contributed by atoms with Crippen LogP contribution in [0, 0.1) is 34.0 Å². The molecule has 29 heavy (non-hydrogen) atoms. The van der Waals surface area contributed by atoms with Gasteiger partial charge in [0.1, 0.15) is 0 Å². The first kappa shape index (κ1) is 20.4. The van der Waals surface area contributed by atoms with Crippen molar-refractivity contribution >= 4 is 11.8 Å². The second-order valence-corrected chi connectivity index (χ2v) is 10.1. The van der Waals surface area contributed by atoms with Gasteiger partial charge in [-0.2, -0.15) is 5.26 Å². The number of aliphatic carboxylic acids is 1. The standard InChI is InChI=1S/C25H33NO3/c1-24-12-9-20-19-8-6-18(27)16-17(19)5-7-21(20)22(24)10-13-25(24,14-15-26)11-3-2-4-23(28)29/h16,21-22H,2-14H2,1H3,(H,28,29)/t21?,22?,24-,25-/m0/s1. The summed E-state index contributed by atoms with van der Waals surface area (Å²) in [5, 5.41) is 18.6. The van der Waals surface area contributed by atoms with Gasteiger partial charge in [0.2, 0.25) is 0 Å². The van der Waals surface area contributed by atoms with E-state index < -0.39 is 5.97 Å². The molecular weight excluding hydrogens is 362 g/mol. The fraction of sp³-hybridized carbons (Fsp3) is 0.720. The number of hydrogen-bond donors (Lipinski definition) is 1. The van der Waals surface area contributed by atoms with E-state index in [2.05, 4.69) is 13.0 Å². The average Bonchev–Trinajstić information content (AvgIpc) is 2.97. The van der Waals surface area contributed by atoms with Crippen molar-refractivity contribution in [3.05, 3.63) is 22.8 Å². The molecule has 0 aliphatic heterocycles. The summed E-state index contributed by atoms with van der Waals surface area (Å²) in [4.78, 5) is 22.8. The number of fused-ring (bicyclic) bond motifs is 4. The highest BCUT2D eigenvalue weighted by atomic mass is 16.4. The van der Waals surface area contributed by atoms with Crippen molar-refractivity contribution < 1.29 is 14.7 Å². The van der Waals surface area contributed by atoms with Crippen molar-refractivity contribution in [2.75, 3.05) is 0 Å². The van der Waals surface area contributed by atoms with Crippen molar-refractivity contribution in [2.45, 2.75) is 90.4 Å². The summed E-state index contributed by atoms with van der Waals surface area (Å²) in [6.07, 6.45) is 13.7. The first-order chi connectivity index (χ1) is 13.9. The first-order valence-electron chi connectivity index (χ1n) is 11.4. The first-order valence-corrected chi connectivity index (χ1v) is 11.4. The number of carboxylic acids is 1. The van der Waals surface area contributed by atoms with Gasteiger partial charge in [0.05, 0.1) is 6.07 Å². The zero-order chi connectivity index (χ0) is 20.6. The third-order valence-corrected chi connectivity index (χ3v) is 8.98. The lowest BCUT2D eigenvalue weighted by Gasteiger charge is -2.53. The molecule has 0 aromatic carbocycles. The fourth-order valence-electron chi connectivity index (χ4n) is 7.44. The van der Waals surface area contributed by atoms with Crippen LogP contribution in [-0.4, -0.2) is 16.9 Å². The van der Waals surface area contributed by atoms with Crippen LogP contribution in [0.15, 0.2) is 22.8 Å². The van der Waals surface area contributed by atoms with Crippen LogP contribution in [0.1, 0.15) is 90.4 Å². The van der Waals surface area contributed by atoms with E-state index in [0.717, 1.165) is 51.4 Å². The van der Waals surface area contributed by atoms with E-state index in [4.69, 9.17) is 5.11 Å². The number of carbonyl (C=O) groups is 2. The molecule has 4 atom stereocenters. The monoisotopic (exact) mass is 395 g/mol. The highest BCUT2D eigenvalue weighted by Crippen LogP contribution is 2.69. The minimum absolute atomic E-state index is 0.0414. The summed E-state index contributed by atoms with van der Waals surface area (Å²) in [6, 6.07) is 2.51. The lowest BCUT2D eigenvalue weighted by Crippen LogP contribution is -2.45. The summed E-state index contributed by atoms with van der Waals surface area (Å²) in [6.45, 7) is 2.44. The van der Waals surface area contributed by atoms with E-state index in [1.54, 1.807) is 5.57 Å². The Bertz CT molecular complexity index is 816. The predicted octanol–water partition coefficient (Wildman–Crippen LogP) is 5.74. The molecular formula is C25H33NO3. The highest BCUT2D eigenvalue weighted by molar-refractivity contribution is 5.93. The number of hydrogen-bond acceptors (Lipinski definition) is 3. The SMILES string of the molecule is C[C@]12CCC3=C4CCC(=O)C=C4CCC3C1CC[C@]2(CC#N)CCCCC(=O)O. The van der Waals surface area contributed by atoms with Crippen LogP contribution in [-0.2, 0) is 9.59 Å². The smallest absolute Gasteiger partial charge is 0.303 e.